The fourth-order valence-corrected chi connectivity index (χ4v) is 3.39. The second-order valence-corrected chi connectivity index (χ2v) is 7.44. The second-order valence-electron chi connectivity index (χ2n) is 7.44. The number of esters is 1. The quantitative estimate of drug-likeness (QED) is 0.505. The number of imide groups is 1. The van der Waals surface area contributed by atoms with Gasteiger partial charge in [-0.25, -0.2) is 4.79 Å². The largest absolute Gasteiger partial charge is 0.452 e. The SMILES string of the molecule is CCCCN1C(=O)c2ccc(C(=O)OCC(=O)N(C(C)C)C(C)C)cc2C1=O. The summed E-state index contributed by atoms with van der Waals surface area (Å²) in [6, 6.07) is 4.27. The van der Waals surface area contributed by atoms with Crippen LogP contribution in [0.2, 0.25) is 0 Å². The Morgan fingerprint density at radius 3 is 2.21 bits per heavy atom. The van der Waals surface area contributed by atoms with E-state index >= 15 is 0 Å². The van der Waals surface area contributed by atoms with E-state index < -0.39 is 11.9 Å². The molecule has 0 saturated carbocycles. The normalized spacial score (nSPS) is 13.3. The highest BCUT2D eigenvalue weighted by Crippen LogP contribution is 2.24. The van der Waals surface area contributed by atoms with Crippen LogP contribution in [-0.2, 0) is 9.53 Å². The lowest BCUT2D eigenvalue weighted by molar-refractivity contribution is -0.138. The van der Waals surface area contributed by atoms with Crippen molar-refractivity contribution in [3.8, 4) is 0 Å². The van der Waals surface area contributed by atoms with Crippen molar-refractivity contribution in [2.24, 2.45) is 0 Å². The number of hydrogen-bond acceptors (Lipinski definition) is 5. The van der Waals surface area contributed by atoms with Crippen molar-refractivity contribution in [1.29, 1.82) is 0 Å². The van der Waals surface area contributed by atoms with Crippen LogP contribution in [0, 0.1) is 0 Å². The van der Waals surface area contributed by atoms with E-state index in [9.17, 15) is 19.2 Å². The molecule has 2 rings (SSSR count). The van der Waals surface area contributed by atoms with Crippen LogP contribution >= 0.6 is 0 Å². The van der Waals surface area contributed by atoms with Crippen molar-refractivity contribution in [3.05, 3.63) is 34.9 Å². The molecule has 0 radical (unpaired) electrons. The lowest BCUT2D eigenvalue weighted by Gasteiger charge is -2.30. The van der Waals surface area contributed by atoms with Gasteiger partial charge < -0.3 is 9.64 Å². The Labute approximate surface area is 165 Å². The average Bonchev–Trinajstić information content (AvgIpc) is 2.87. The van der Waals surface area contributed by atoms with Gasteiger partial charge in [0.05, 0.1) is 16.7 Å². The van der Waals surface area contributed by atoms with Crippen molar-refractivity contribution in [1.82, 2.24) is 9.80 Å². The smallest absolute Gasteiger partial charge is 0.338 e. The minimum Gasteiger partial charge on any atom is -0.452 e. The molecule has 0 atom stereocenters. The van der Waals surface area contributed by atoms with E-state index in [1.807, 2.05) is 34.6 Å². The first-order valence-corrected chi connectivity index (χ1v) is 9.67. The highest BCUT2D eigenvalue weighted by molar-refractivity contribution is 6.21. The summed E-state index contributed by atoms with van der Waals surface area (Å²) in [5.41, 5.74) is 0.637. The molecular formula is C21H28N2O5. The molecule has 1 heterocycles. The lowest BCUT2D eigenvalue weighted by Crippen LogP contribution is -2.44. The molecule has 28 heavy (non-hydrogen) atoms. The van der Waals surface area contributed by atoms with Gasteiger partial charge in [0.2, 0.25) is 0 Å². The summed E-state index contributed by atoms with van der Waals surface area (Å²) in [4.78, 5) is 52.4. The Balaban J connectivity index is 2.09. The van der Waals surface area contributed by atoms with Gasteiger partial charge in [0, 0.05) is 18.6 Å². The number of ether oxygens (including phenoxy) is 1. The van der Waals surface area contributed by atoms with Gasteiger partial charge in [-0.15, -0.1) is 0 Å². The van der Waals surface area contributed by atoms with E-state index in [1.165, 1.54) is 23.1 Å². The maximum absolute atomic E-state index is 12.5. The van der Waals surface area contributed by atoms with Gasteiger partial charge in [0.25, 0.3) is 17.7 Å². The van der Waals surface area contributed by atoms with Gasteiger partial charge in [-0.2, -0.15) is 0 Å². The first-order valence-electron chi connectivity index (χ1n) is 9.67. The summed E-state index contributed by atoms with van der Waals surface area (Å²) >= 11 is 0. The van der Waals surface area contributed by atoms with Crippen molar-refractivity contribution in [3.63, 3.8) is 0 Å². The van der Waals surface area contributed by atoms with Crippen LogP contribution in [0.5, 0.6) is 0 Å². The Hall–Kier alpha value is -2.70. The molecule has 3 amide bonds. The monoisotopic (exact) mass is 388 g/mol. The zero-order valence-corrected chi connectivity index (χ0v) is 17.2. The molecule has 0 aliphatic carbocycles. The van der Waals surface area contributed by atoms with Crippen LogP contribution < -0.4 is 0 Å². The van der Waals surface area contributed by atoms with Gasteiger partial charge in [-0.1, -0.05) is 13.3 Å². The summed E-state index contributed by atoms with van der Waals surface area (Å²) in [5.74, 6) is -1.72. The summed E-state index contributed by atoms with van der Waals surface area (Å²) in [7, 11) is 0. The highest BCUT2D eigenvalue weighted by atomic mass is 16.5. The van der Waals surface area contributed by atoms with Crippen LogP contribution in [0.3, 0.4) is 0 Å². The summed E-state index contributed by atoms with van der Waals surface area (Å²) in [5, 5.41) is 0. The van der Waals surface area contributed by atoms with Gasteiger partial charge >= 0.3 is 5.97 Å². The molecule has 0 bridgehead atoms. The standard InChI is InChI=1S/C21H28N2O5/c1-6-7-10-22-19(25)16-9-8-15(11-17(16)20(22)26)21(27)28-12-18(24)23(13(2)3)14(4)5/h8-9,11,13-14H,6-7,10,12H2,1-5H3. The topological polar surface area (TPSA) is 84.0 Å². The first kappa shape index (κ1) is 21.6. The van der Waals surface area contributed by atoms with Crippen LogP contribution in [0.25, 0.3) is 0 Å². The van der Waals surface area contributed by atoms with Crippen LogP contribution in [0.1, 0.15) is 78.5 Å². The van der Waals surface area contributed by atoms with Crippen molar-refractivity contribution in [2.45, 2.75) is 59.5 Å². The summed E-state index contributed by atoms with van der Waals surface area (Å²) in [6.07, 6.45) is 1.59. The molecule has 0 spiro atoms. The van der Waals surface area contributed by atoms with Gasteiger partial charge in [-0.3, -0.25) is 19.3 Å². The molecule has 0 aromatic heterocycles. The number of fused-ring (bicyclic) bond motifs is 1. The molecule has 1 aromatic carbocycles. The highest BCUT2D eigenvalue weighted by Gasteiger charge is 2.35. The van der Waals surface area contributed by atoms with Gasteiger partial charge in [-0.05, 0) is 52.3 Å². The molecule has 7 heteroatoms. The van der Waals surface area contributed by atoms with E-state index in [2.05, 4.69) is 0 Å². The Kier molecular flexibility index (Phi) is 6.94. The third-order valence-corrected chi connectivity index (χ3v) is 4.67. The van der Waals surface area contributed by atoms with Crippen molar-refractivity contribution >= 4 is 23.7 Å². The maximum Gasteiger partial charge on any atom is 0.338 e. The van der Waals surface area contributed by atoms with E-state index in [0.717, 1.165) is 12.8 Å². The predicted octanol–water partition coefficient (Wildman–Crippen LogP) is 2.88. The summed E-state index contributed by atoms with van der Waals surface area (Å²) < 4.78 is 5.14. The van der Waals surface area contributed by atoms with E-state index in [-0.39, 0.29) is 41.6 Å². The third-order valence-electron chi connectivity index (χ3n) is 4.67. The summed E-state index contributed by atoms with van der Waals surface area (Å²) in [6.45, 7) is 9.55. The minimum atomic E-state index is -0.698. The third kappa shape index (κ3) is 4.40. The molecule has 0 saturated heterocycles. The van der Waals surface area contributed by atoms with Crippen molar-refractivity contribution < 1.29 is 23.9 Å². The number of rotatable bonds is 8. The van der Waals surface area contributed by atoms with E-state index in [0.29, 0.717) is 12.1 Å². The second kappa shape index (κ2) is 8.99. The maximum atomic E-state index is 12.5. The zero-order chi connectivity index (χ0) is 21.0. The molecule has 0 N–H and O–H groups in total. The number of unbranched alkanes of at least 4 members (excludes halogenated alkanes) is 1. The molecule has 7 nitrogen and oxygen atoms in total. The molecule has 0 unspecified atom stereocenters. The Morgan fingerprint density at radius 1 is 1.04 bits per heavy atom. The predicted molar refractivity (Wildman–Crippen MR) is 104 cm³/mol. The average molecular weight is 388 g/mol. The molecule has 0 fully saturated rings. The van der Waals surface area contributed by atoms with Gasteiger partial charge in [0.1, 0.15) is 0 Å². The molecule has 1 aliphatic heterocycles. The van der Waals surface area contributed by atoms with Gasteiger partial charge in [0.15, 0.2) is 6.61 Å². The Morgan fingerprint density at radius 2 is 1.64 bits per heavy atom. The minimum absolute atomic E-state index is 0.0102. The number of nitrogens with zero attached hydrogens (tertiary/aromatic N) is 2. The van der Waals surface area contributed by atoms with E-state index in [1.54, 1.807) is 4.90 Å². The zero-order valence-electron chi connectivity index (χ0n) is 17.2. The Bertz CT molecular complexity index is 777. The fourth-order valence-electron chi connectivity index (χ4n) is 3.39. The molecular weight excluding hydrogens is 360 g/mol. The lowest BCUT2D eigenvalue weighted by atomic mass is 10.1. The van der Waals surface area contributed by atoms with E-state index in [4.69, 9.17) is 4.74 Å². The number of amides is 3. The number of carbonyl (C=O) groups excluding carboxylic acids is 4. The number of benzene rings is 1. The van der Waals surface area contributed by atoms with Crippen LogP contribution in [-0.4, -0.2) is 58.7 Å². The van der Waals surface area contributed by atoms with Crippen molar-refractivity contribution in [2.75, 3.05) is 13.2 Å². The number of carbonyl (C=O) groups is 4. The van der Waals surface area contributed by atoms with Crippen LogP contribution in [0.15, 0.2) is 18.2 Å². The molecule has 1 aromatic rings. The molecule has 152 valence electrons. The first-order chi connectivity index (χ1) is 13.2. The van der Waals surface area contributed by atoms with Crippen LogP contribution in [0.4, 0.5) is 0 Å². The fraction of sp³-hybridized carbons (Fsp3) is 0.524. The number of hydrogen-bond donors (Lipinski definition) is 0. The molecule has 1 aliphatic rings.